The van der Waals surface area contributed by atoms with E-state index in [0.717, 1.165) is 53.4 Å². The molecular weight excluding hydrogens is 487 g/mol. The Labute approximate surface area is 221 Å². The summed E-state index contributed by atoms with van der Waals surface area (Å²) in [5.41, 5.74) is 2.63. The number of Topliss-reactive ketones (excluding diaryl/α,β-unsaturated/α-hetero) is 1. The minimum Gasteiger partial charge on any atom is -0.344 e. The van der Waals surface area contributed by atoms with Crippen molar-refractivity contribution in [3.63, 3.8) is 0 Å². The molecule has 3 unspecified atom stereocenters. The van der Waals surface area contributed by atoms with Crippen molar-refractivity contribution in [1.82, 2.24) is 15.6 Å². The molecular formula is C29H35FN4O2S. The molecule has 0 radical (unpaired) electrons. The molecule has 1 aliphatic rings. The van der Waals surface area contributed by atoms with E-state index < -0.39 is 18.0 Å². The number of hydrogen-bond donors (Lipinski definition) is 3. The molecule has 1 amide bonds. The number of likely N-dealkylation sites (N-methyl/N-ethyl adjacent to an activating group) is 1. The van der Waals surface area contributed by atoms with Crippen LogP contribution in [0.5, 0.6) is 0 Å². The summed E-state index contributed by atoms with van der Waals surface area (Å²) in [4.78, 5) is 31.3. The summed E-state index contributed by atoms with van der Waals surface area (Å²) in [7, 11) is 1.71. The van der Waals surface area contributed by atoms with Gasteiger partial charge in [-0.1, -0.05) is 50.5 Å². The molecule has 1 aromatic heterocycles. The van der Waals surface area contributed by atoms with E-state index in [1.165, 1.54) is 23.5 Å². The molecule has 0 saturated heterocycles. The van der Waals surface area contributed by atoms with Crippen LogP contribution in [0.15, 0.2) is 42.5 Å². The lowest BCUT2D eigenvalue weighted by Crippen LogP contribution is -2.53. The zero-order valence-electron chi connectivity index (χ0n) is 21.6. The van der Waals surface area contributed by atoms with Gasteiger partial charge in [0.1, 0.15) is 10.8 Å². The van der Waals surface area contributed by atoms with Crippen molar-refractivity contribution < 1.29 is 14.0 Å². The molecule has 2 aromatic carbocycles. The molecule has 6 nitrogen and oxygen atoms in total. The average Bonchev–Trinajstić information content (AvgIpc) is 3.36. The first-order valence-corrected chi connectivity index (χ1v) is 13.9. The van der Waals surface area contributed by atoms with E-state index in [1.54, 1.807) is 26.1 Å². The molecule has 1 fully saturated rings. The minimum absolute atomic E-state index is 0.00197. The van der Waals surface area contributed by atoms with Gasteiger partial charge in [-0.25, -0.2) is 9.37 Å². The third-order valence-corrected chi connectivity index (χ3v) is 8.65. The summed E-state index contributed by atoms with van der Waals surface area (Å²) < 4.78 is 14.4. The van der Waals surface area contributed by atoms with Gasteiger partial charge < -0.3 is 16.0 Å². The van der Waals surface area contributed by atoms with Crippen molar-refractivity contribution in [3.05, 3.63) is 53.3 Å². The van der Waals surface area contributed by atoms with Crippen LogP contribution in [0.4, 0.5) is 4.39 Å². The molecule has 3 N–H and O–H groups in total. The summed E-state index contributed by atoms with van der Waals surface area (Å²) in [6.07, 6.45) is 5.48. The number of fused-ring (bicyclic) bond motifs is 1. The molecule has 1 aliphatic carbocycles. The number of nitrogens with zero attached hydrogens (tertiary/aromatic N) is 1. The van der Waals surface area contributed by atoms with Crippen LogP contribution in [0, 0.1) is 17.1 Å². The van der Waals surface area contributed by atoms with Crippen molar-refractivity contribution >= 4 is 39.0 Å². The number of ketones is 1. The second-order valence-corrected chi connectivity index (χ2v) is 10.9. The van der Waals surface area contributed by atoms with Gasteiger partial charge in [-0.05, 0) is 62.9 Å². The molecule has 4 rings (SSSR count). The maximum Gasteiger partial charge on any atom is 0.237 e. The second-order valence-electron chi connectivity index (χ2n) is 9.85. The zero-order valence-corrected chi connectivity index (χ0v) is 22.5. The molecule has 0 aliphatic heterocycles. The Kier molecular flexibility index (Phi) is 8.82. The Hall–Kier alpha value is -2.97. The quantitative estimate of drug-likeness (QED) is 0.291. The highest BCUT2D eigenvalue weighted by Gasteiger charge is 2.36. The summed E-state index contributed by atoms with van der Waals surface area (Å²) in [6, 6.07) is 11.1. The van der Waals surface area contributed by atoms with E-state index in [2.05, 4.69) is 10.6 Å². The Balaban J connectivity index is 1.64. The minimum atomic E-state index is -0.700. The largest absolute Gasteiger partial charge is 0.344 e. The van der Waals surface area contributed by atoms with Gasteiger partial charge in [0.05, 0.1) is 33.9 Å². The maximum atomic E-state index is 13.8. The molecule has 1 heterocycles. The third kappa shape index (κ3) is 5.96. The Morgan fingerprint density at radius 1 is 1.14 bits per heavy atom. The van der Waals surface area contributed by atoms with Crippen molar-refractivity contribution in [2.75, 3.05) is 7.05 Å². The molecule has 1 saturated carbocycles. The van der Waals surface area contributed by atoms with E-state index in [1.807, 2.05) is 25.1 Å². The van der Waals surface area contributed by atoms with E-state index in [0.29, 0.717) is 11.4 Å². The van der Waals surface area contributed by atoms with Gasteiger partial charge in [0, 0.05) is 5.56 Å². The number of thiazole rings is 1. The van der Waals surface area contributed by atoms with Crippen LogP contribution in [0.3, 0.4) is 0 Å². The van der Waals surface area contributed by atoms with Crippen molar-refractivity contribution in [3.8, 4) is 11.1 Å². The highest BCUT2D eigenvalue weighted by atomic mass is 32.1. The van der Waals surface area contributed by atoms with E-state index >= 15 is 0 Å². The lowest BCUT2D eigenvalue weighted by atomic mass is 9.79. The number of benzene rings is 2. The summed E-state index contributed by atoms with van der Waals surface area (Å²) in [5.74, 6) is -1.25. The predicted molar refractivity (Wildman–Crippen MR) is 148 cm³/mol. The summed E-state index contributed by atoms with van der Waals surface area (Å²) in [6.45, 7) is 3.72. The van der Waals surface area contributed by atoms with Crippen LogP contribution in [-0.4, -0.2) is 41.5 Å². The first-order chi connectivity index (χ1) is 17.8. The van der Waals surface area contributed by atoms with E-state index in [-0.39, 0.29) is 29.1 Å². The number of nitrogens with one attached hydrogen (secondary N) is 3. The SMILES string of the molecule is CCC(C(=N)C(=O)C(NC(=O)C(C)NC)C1CCCCC1)c1nc2cccc(-c3ccc(F)cc3)c2s1. The Bertz CT molecular complexity index is 1270. The molecule has 37 heavy (non-hydrogen) atoms. The predicted octanol–water partition coefficient (Wildman–Crippen LogP) is 5.86. The number of aromatic nitrogens is 1. The fraction of sp³-hybridized carbons (Fsp3) is 0.448. The van der Waals surface area contributed by atoms with Crippen LogP contribution in [-0.2, 0) is 9.59 Å². The van der Waals surface area contributed by atoms with Gasteiger partial charge in [0.25, 0.3) is 0 Å². The Morgan fingerprint density at radius 2 is 1.84 bits per heavy atom. The van der Waals surface area contributed by atoms with Gasteiger partial charge in [-0.15, -0.1) is 11.3 Å². The number of halogens is 1. The molecule has 0 bridgehead atoms. The fourth-order valence-electron chi connectivity index (χ4n) is 5.09. The first kappa shape index (κ1) is 27.1. The highest BCUT2D eigenvalue weighted by molar-refractivity contribution is 7.19. The molecule has 3 atom stereocenters. The monoisotopic (exact) mass is 522 g/mol. The van der Waals surface area contributed by atoms with Gasteiger partial charge >= 0.3 is 0 Å². The standard InChI is InChI=1S/C29H35FN4O2S/c1-4-21(24(31)26(35)25(19-9-6-5-7-10-19)34-28(36)17(2)32-3)29-33-23-12-8-11-22(27(23)37-29)18-13-15-20(30)16-14-18/h8,11-17,19,21,25,31-32H,4-7,9-10H2,1-3H3,(H,34,36). The summed E-state index contributed by atoms with van der Waals surface area (Å²) in [5, 5.41) is 15.6. The van der Waals surface area contributed by atoms with Crippen molar-refractivity contribution in [1.29, 1.82) is 5.41 Å². The number of carbonyl (C=O) groups is 2. The highest BCUT2D eigenvalue weighted by Crippen LogP contribution is 2.37. The maximum absolute atomic E-state index is 13.8. The lowest BCUT2D eigenvalue weighted by Gasteiger charge is -2.31. The lowest BCUT2D eigenvalue weighted by molar-refractivity contribution is -0.127. The van der Waals surface area contributed by atoms with Gasteiger partial charge in [-0.2, -0.15) is 0 Å². The number of carbonyl (C=O) groups excluding carboxylic acids is 2. The van der Waals surface area contributed by atoms with Crippen LogP contribution in [0.25, 0.3) is 21.3 Å². The van der Waals surface area contributed by atoms with Crippen LogP contribution < -0.4 is 10.6 Å². The molecule has 8 heteroatoms. The Morgan fingerprint density at radius 3 is 2.49 bits per heavy atom. The zero-order chi connectivity index (χ0) is 26.5. The smallest absolute Gasteiger partial charge is 0.237 e. The van der Waals surface area contributed by atoms with Crippen LogP contribution >= 0.6 is 11.3 Å². The number of hydrogen-bond acceptors (Lipinski definition) is 6. The first-order valence-electron chi connectivity index (χ1n) is 13.1. The van der Waals surface area contributed by atoms with Gasteiger partial charge in [0.2, 0.25) is 5.91 Å². The average molecular weight is 523 g/mol. The molecule has 196 valence electrons. The summed E-state index contributed by atoms with van der Waals surface area (Å²) >= 11 is 1.48. The topological polar surface area (TPSA) is 94.9 Å². The fourth-order valence-corrected chi connectivity index (χ4v) is 6.38. The van der Waals surface area contributed by atoms with Crippen LogP contribution in [0.2, 0.25) is 0 Å². The van der Waals surface area contributed by atoms with E-state index in [9.17, 15) is 14.0 Å². The van der Waals surface area contributed by atoms with Gasteiger partial charge in [0.15, 0.2) is 5.78 Å². The molecule has 3 aromatic rings. The molecule has 0 spiro atoms. The van der Waals surface area contributed by atoms with Crippen molar-refractivity contribution in [2.24, 2.45) is 5.92 Å². The normalized spacial score (nSPS) is 16.8. The van der Waals surface area contributed by atoms with Crippen LogP contribution in [0.1, 0.15) is 63.3 Å². The number of rotatable bonds is 10. The third-order valence-electron chi connectivity index (χ3n) is 7.43. The second kappa shape index (κ2) is 12.0. The van der Waals surface area contributed by atoms with E-state index in [4.69, 9.17) is 10.4 Å². The van der Waals surface area contributed by atoms with Crippen molar-refractivity contribution in [2.45, 2.75) is 70.4 Å². The van der Waals surface area contributed by atoms with Gasteiger partial charge in [-0.3, -0.25) is 9.59 Å². The number of amides is 1.